The van der Waals surface area contributed by atoms with Gasteiger partial charge in [-0.3, -0.25) is 4.79 Å². The van der Waals surface area contributed by atoms with Crippen LogP contribution in [0.5, 0.6) is 11.5 Å². The highest BCUT2D eigenvalue weighted by Crippen LogP contribution is 2.37. The highest BCUT2D eigenvalue weighted by atomic mass is 16.5. The quantitative estimate of drug-likeness (QED) is 0.269. The van der Waals surface area contributed by atoms with Crippen molar-refractivity contribution >= 4 is 39.3 Å². The summed E-state index contributed by atoms with van der Waals surface area (Å²) in [5.41, 5.74) is 10.3. The van der Waals surface area contributed by atoms with Crippen molar-refractivity contribution in [1.82, 2.24) is 30.0 Å². The first kappa shape index (κ1) is 23.7. The molecule has 4 heterocycles. The number of methoxy groups -OCH3 is 2. The Morgan fingerprint density at radius 1 is 1.08 bits per heavy atom. The number of carbonyl (C=O) groups excluding carboxylic acids is 1. The Hall–Kier alpha value is -4.64. The lowest BCUT2D eigenvalue weighted by Crippen LogP contribution is -2.30. The molecule has 0 aliphatic carbocycles. The lowest BCUT2D eigenvalue weighted by atomic mass is 10.1. The fourth-order valence-corrected chi connectivity index (χ4v) is 4.99. The number of fused-ring (bicyclic) bond motifs is 2. The zero-order chi connectivity index (χ0) is 26.2. The Labute approximate surface area is 218 Å². The number of nitrogens with one attached hydrogen (secondary N) is 3. The summed E-state index contributed by atoms with van der Waals surface area (Å²) >= 11 is 0. The van der Waals surface area contributed by atoms with E-state index >= 15 is 0 Å². The van der Waals surface area contributed by atoms with Crippen molar-refractivity contribution in [2.45, 2.75) is 18.9 Å². The van der Waals surface area contributed by atoms with Crippen molar-refractivity contribution in [2.75, 3.05) is 38.4 Å². The van der Waals surface area contributed by atoms with E-state index < -0.39 is 0 Å². The van der Waals surface area contributed by atoms with Crippen molar-refractivity contribution in [3.63, 3.8) is 0 Å². The molecule has 0 spiro atoms. The third-order valence-corrected chi connectivity index (χ3v) is 6.97. The molecule has 11 nitrogen and oxygen atoms in total. The number of aromatic nitrogens is 5. The molecule has 0 saturated carbocycles. The van der Waals surface area contributed by atoms with Crippen molar-refractivity contribution in [2.24, 2.45) is 0 Å². The minimum absolute atomic E-state index is 0.221. The molecule has 194 valence electrons. The van der Waals surface area contributed by atoms with E-state index in [0.29, 0.717) is 39.7 Å². The first-order valence-electron chi connectivity index (χ1n) is 12.4. The first-order chi connectivity index (χ1) is 18.6. The number of carbonyl (C=O) groups is 1. The second-order valence-electron chi connectivity index (χ2n) is 9.24. The van der Waals surface area contributed by atoms with Crippen LogP contribution < -0.4 is 25.8 Å². The monoisotopic (exact) mass is 512 g/mol. The second-order valence-corrected chi connectivity index (χ2v) is 9.24. The molecule has 2 aromatic carbocycles. The number of hydrogen-bond donors (Lipinski definition) is 4. The van der Waals surface area contributed by atoms with Gasteiger partial charge in [0.15, 0.2) is 5.65 Å². The number of piperidine rings is 1. The van der Waals surface area contributed by atoms with Gasteiger partial charge in [0.1, 0.15) is 35.0 Å². The van der Waals surface area contributed by atoms with Crippen LogP contribution in [0.25, 0.3) is 33.2 Å². The first-order valence-corrected chi connectivity index (χ1v) is 12.4. The highest BCUT2D eigenvalue weighted by molar-refractivity contribution is 6.07. The van der Waals surface area contributed by atoms with Gasteiger partial charge in [0.25, 0.3) is 5.91 Å². The van der Waals surface area contributed by atoms with Gasteiger partial charge in [-0.1, -0.05) is 6.07 Å². The molecule has 38 heavy (non-hydrogen) atoms. The highest BCUT2D eigenvalue weighted by Gasteiger charge is 2.24. The molecule has 1 aliphatic heterocycles. The average molecular weight is 513 g/mol. The molecule has 1 saturated heterocycles. The van der Waals surface area contributed by atoms with Crippen molar-refractivity contribution in [1.29, 1.82) is 0 Å². The molecular weight excluding hydrogens is 484 g/mol. The van der Waals surface area contributed by atoms with E-state index in [2.05, 4.69) is 25.6 Å². The van der Waals surface area contributed by atoms with E-state index in [0.717, 1.165) is 48.1 Å². The third-order valence-electron chi connectivity index (χ3n) is 6.97. The van der Waals surface area contributed by atoms with Crippen LogP contribution in [0.1, 0.15) is 29.4 Å². The number of ether oxygens (including phenoxy) is 2. The number of hydrogen-bond acceptors (Lipinski definition) is 8. The zero-order valence-corrected chi connectivity index (χ0v) is 21.1. The summed E-state index contributed by atoms with van der Waals surface area (Å²) in [6.07, 6.45) is 3.38. The molecule has 0 bridgehead atoms. The number of benzene rings is 2. The number of nitrogen functional groups attached to an aromatic ring is 1. The van der Waals surface area contributed by atoms with Gasteiger partial charge in [0.05, 0.1) is 31.3 Å². The van der Waals surface area contributed by atoms with E-state index in [-0.39, 0.29) is 11.9 Å². The molecule has 1 fully saturated rings. The Morgan fingerprint density at radius 3 is 2.71 bits per heavy atom. The van der Waals surface area contributed by atoms with Crippen LogP contribution in [0, 0.1) is 0 Å². The van der Waals surface area contributed by atoms with Crippen LogP contribution in [0.3, 0.4) is 0 Å². The fraction of sp³-hybridized carbons (Fsp3) is 0.259. The molecule has 3 aromatic heterocycles. The topological polar surface area (TPSA) is 145 Å². The third kappa shape index (κ3) is 4.16. The number of nitrogens with two attached hydrogens (primary N) is 1. The van der Waals surface area contributed by atoms with Crippen molar-refractivity contribution < 1.29 is 14.3 Å². The normalized spacial score (nSPS) is 14.2. The van der Waals surface area contributed by atoms with Gasteiger partial charge < -0.3 is 30.8 Å². The van der Waals surface area contributed by atoms with Gasteiger partial charge in [-0.2, -0.15) is 5.10 Å². The van der Waals surface area contributed by atoms with Gasteiger partial charge in [0, 0.05) is 16.5 Å². The molecule has 6 rings (SSSR count). The summed E-state index contributed by atoms with van der Waals surface area (Å²) in [4.78, 5) is 25.0. The number of amides is 1. The largest absolute Gasteiger partial charge is 0.497 e. The molecular formula is C27H28N8O3. The summed E-state index contributed by atoms with van der Waals surface area (Å²) < 4.78 is 12.9. The van der Waals surface area contributed by atoms with Gasteiger partial charge in [-0.05, 0) is 62.3 Å². The Bertz CT molecular complexity index is 1650. The van der Waals surface area contributed by atoms with Gasteiger partial charge in [0.2, 0.25) is 0 Å². The molecule has 5 N–H and O–H groups in total. The van der Waals surface area contributed by atoms with Crippen LogP contribution in [0.2, 0.25) is 0 Å². The van der Waals surface area contributed by atoms with Crippen LogP contribution in [0.4, 0.5) is 11.5 Å². The maximum absolute atomic E-state index is 13.1. The predicted molar refractivity (Wildman–Crippen MR) is 146 cm³/mol. The molecule has 1 amide bonds. The Balaban J connectivity index is 1.34. The Morgan fingerprint density at radius 2 is 1.92 bits per heavy atom. The van der Waals surface area contributed by atoms with Crippen molar-refractivity contribution in [3.8, 4) is 22.8 Å². The minimum atomic E-state index is -0.288. The molecule has 5 aromatic rings. The summed E-state index contributed by atoms with van der Waals surface area (Å²) in [6.45, 7) is 1.85. The van der Waals surface area contributed by atoms with E-state index in [9.17, 15) is 4.79 Å². The standard InChI is InChI=1S/C27H28N8O3/c1-37-18-4-6-19-16(11-18)12-21(32-19)27(36)33-20-5-3-15(13-22(20)38-2)24-23-25(28)30-14-31-26(23)35(34-24)17-7-9-29-10-8-17/h3-6,11-14,17,29,32H,7-10H2,1-2H3,(H,33,36)(H2,28,30,31). The molecule has 0 unspecified atom stereocenters. The van der Waals surface area contributed by atoms with E-state index in [4.69, 9.17) is 20.3 Å². The van der Waals surface area contributed by atoms with Crippen LogP contribution in [0.15, 0.2) is 48.8 Å². The zero-order valence-electron chi connectivity index (χ0n) is 21.1. The number of rotatable bonds is 6. The number of nitrogens with zero attached hydrogens (tertiary/aromatic N) is 4. The van der Waals surface area contributed by atoms with Crippen LogP contribution in [-0.4, -0.2) is 57.9 Å². The molecule has 0 atom stereocenters. The minimum Gasteiger partial charge on any atom is -0.497 e. The maximum atomic E-state index is 13.1. The lowest BCUT2D eigenvalue weighted by Gasteiger charge is -2.23. The van der Waals surface area contributed by atoms with Gasteiger partial charge in [-0.25, -0.2) is 14.6 Å². The van der Waals surface area contributed by atoms with Gasteiger partial charge in [-0.15, -0.1) is 0 Å². The molecule has 1 aliphatic rings. The van der Waals surface area contributed by atoms with Crippen molar-refractivity contribution in [3.05, 3.63) is 54.5 Å². The number of anilines is 2. The fourth-order valence-electron chi connectivity index (χ4n) is 4.99. The van der Waals surface area contributed by atoms with E-state index in [1.165, 1.54) is 6.33 Å². The number of aromatic amines is 1. The smallest absolute Gasteiger partial charge is 0.272 e. The summed E-state index contributed by atoms with van der Waals surface area (Å²) in [5.74, 6) is 1.30. The lowest BCUT2D eigenvalue weighted by molar-refractivity contribution is 0.102. The molecule has 0 radical (unpaired) electrons. The summed E-state index contributed by atoms with van der Waals surface area (Å²) in [7, 11) is 3.17. The number of H-pyrrole nitrogens is 1. The summed E-state index contributed by atoms with van der Waals surface area (Å²) in [5, 5.41) is 12.9. The van der Waals surface area contributed by atoms with Crippen LogP contribution in [-0.2, 0) is 0 Å². The molecule has 11 heteroatoms. The average Bonchev–Trinajstić information content (AvgIpc) is 3.56. The summed E-state index contributed by atoms with van der Waals surface area (Å²) in [6, 6.07) is 13.1. The Kier molecular flexibility index (Phi) is 6.04. The predicted octanol–water partition coefficient (Wildman–Crippen LogP) is 3.75. The maximum Gasteiger partial charge on any atom is 0.272 e. The van der Waals surface area contributed by atoms with E-state index in [1.807, 2.05) is 35.0 Å². The van der Waals surface area contributed by atoms with Crippen LogP contribution >= 0.6 is 0 Å². The van der Waals surface area contributed by atoms with E-state index in [1.54, 1.807) is 26.4 Å². The van der Waals surface area contributed by atoms with Gasteiger partial charge >= 0.3 is 0 Å². The second kappa shape index (κ2) is 9.67. The SMILES string of the molecule is COc1ccc2[nH]c(C(=O)Nc3ccc(-c4nn(C5CCNCC5)c5ncnc(N)c45)cc3OC)cc2c1.